The second-order valence-corrected chi connectivity index (χ2v) is 4.05. The van der Waals surface area contributed by atoms with Crippen molar-refractivity contribution in [3.63, 3.8) is 0 Å². The summed E-state index contributed by atoms with van der Waals surface area (Å²) >= 11 is 0. The van der Waals surface area contributed by atoms with Gasteiger partial charge in [-0.15, -0.1) is 0 Å². The summed E-state index contributed by atoms with van der Waals surface area (Å²) in [6.07, 6.45) is 0.432. The number of halogens is 1. The third-order valence-corrected chi connectivity index (χ3v) is 2.94. The lowest BCUT2D eigenvalue weighted by Gasteiger charge is -2.29. The number of hydrogen-bond donors (Lipinski definition) is 1. The number of methoxy groups -OCH3 is 1. The first-order valence-corrected chi connectivity index (χ1v) is 5.44. The lowest BCUT2D eigenvalue weighted by Crippen LogP contribution is -2.32. The molecule has 1 N–H and O–H groups in total. The number of nitriles is 1. The molecule has 1 aromatic rings. The summed E-state index contributed by atoms with van der Waals surface area (Å²) in [6.45, 7) is 3.21. The topological polar surface area (TPSA) is 53.2 Å². The van der Waals surface area contributed by atoms with E-state index in [0.717, 1.165) is 0 Å². The van der Waals surface area contributed by atoms with Crippen molar-refractivity contribution in [2.75, 3.05) is 7.11 Å². The largest absolute Gasteiger partial charge is 0.496 e. The first-order valence-electron chi connectivity index (χ1n) is 5.44. The monoisotopic (exact) mass is 237 g/mol. The van der Waals surface area contributed by atoms with Crippen molar-refractivity contribution in [3.05, 3.63) is 29.6 Å². The lowest BCUT2D eigenvalue weighted by atomic mass is 9.81. The molecule has 0 aliphatic heterocycles. The Morgan fingerprint density at radius 3 is 2.71 bits per heavy atom. The molecule has 92 valence electrons. The molecule has 0 saturated heterocycles. The standard InChI is InChI=1S/C13H16FNO2/c1-4-9(8-15)13(2,16)12-10(14)6-5-7-11(12)17-3/h5-7,9,16H,4H2,1-3H3. The van der Waals surface area contributed by atoms with E-state index in [-0.39, 0.29) is 11.3 Å². The third-order valence-electron chi connectivity index (χ3n) is 2.94. The van der Waals surface area contributed by atoms with E-state index < -0.39 is 17.3 Å². The maximum Gasteiger partial charge on any atom is 0.133 e. The summed E-state index contributed by atoms with van der Waals surface area (Å²) in [5, 5.41) is 19.4. The van der Waals surface area contributed by atoms with Gasteiger partial charge in [0.25, 0.3) is 0 Å². The van der Waals surface area contributed by atoms with E-state index in [9.17, 15) is 9.50 Å². The van der Waals surface area contributed by atoms with Crippen LogP contribution >= 0.6 is 0 Å². The smallest absolute Gasteiger partial charge is 0.133 e. The van der Waals surface area contributed by atoms with Crippen LogP contribution in [0.3, 0.4) is 0 Å². The number of aliphatic hydroxyl groups is 1. The summed E-state index contributed by atoms with van der Waals surface area (Å²) in [5.41, 5.74) is -1.53. The van der Waals surface area contributed by atoms with Gasteiger partial charge in [0.05, 0.1) is 24.7 Å². The number of ether oxygens (including phenoxy) is 1. The molecule has 1 aromatic carbocycles. The molecule has 0 saturated carbocycles. The van der Waals surface area contributed by atoms with Crippen LogP contribution in [-0.4, -0.2) is 12.2 Å². The van der Waals surface area contributed by atoms with Crippen LogP contribution in [0.1, 0.15) is 25.8 Å². The first-order chi connectivity index (χ1) is 7.98. The molecule has 2 unspecified atom stereocenters. The Bertz CT molecular complexity index is 438. The highest BCUT2D eigenvalue weighted by atomic mass is 19.1. The predicted octanol–water partition coefficient (Wildman–Crippen LogP) is 2.59. The van der Waals surface area contributed by atoms with Crippen molar-refractivity contribution >= 4 is 0 Å². The zero-order valence-corrected chi connectivity index (χ0v) is 10.2. The summed E-state index contributed by atoms with van der Waals surface area (Å²) in [5.74, 6) is -1.000. The van der Waals surface area contributed by atoms with Gasteiger partial charge in [0.2, 0.25) is 0 Å². The maximum atomic E-state index is 13.8. The van der Waals surface area contributed by atoms with Crippen LogP contribution in [0.15, 0.2) is 18.2 Å². The van der Waals surface area contributed by atoms with Gasteiger partial charge in [-0.25, -0.2) is 4.39 Å². The lowest BCUT2D eigenvalue weighted by molar-refractivity contribution is 0.00952. The molecule has 17 heavy (non-hydrogen) atoms. The summed E-state index contributed by atoms with van der Waals surface area (Å²) in [6, 6.07) is 6.31. The van der Waals surface area contributed by atoms with Gasteiger partial charge in [-0.1, -0.05) is 13.0 Å². The second kappa shape index (κ2) is 5.15. The Morgan fingerprint density at radius 2 is 2.24 bits per heavy atom. The molecule has 4 heteroatoms. The molecular weight excluding hydrogens is 221 g/mol. The molecule has 0 fully saturated rings. The Balaban J connectivity index is 3.37. The quantitative estimate of drug-likeness (QED) is 0.875. The fraction of sp³-hybridized carbons (Fsp3) is 0.462. The molecule has 2 atom stereocenters. The van der Waals surface area contributed by atoms with Crippen LogP contribution in [0.5, 0.6) is 5.75 Å². The fourth-order valence-corrected chi connectivity index (χ4v) is 1.95. The number of benzene rings is 1. The number of hydrogen-bond acceptors (Lipinski definition) is 3. The average Bonchev–Trinajstić information content (AvgIpc) is 2.29. The minimum atomic E-state index is -1.57. The molecule has 3 nitrogen and oxygen atoms in total. The molecule has 0 bridgehead atoms. The molecule has 0 radical (unpaired) electrons. The summed E-state index contributed by atoms with van der Waals surface area (Å²) in [4.78, 5) is 0. The number of rotatable bonds is 4. The van der Waals surface area contributed by atoms with Crippen LogP contribution in [0.4, 0.5) is 4.39 Å². The van der Waals surface area contributed by atoms with Gasteiger partial charge >= 0.3 is 0 Å². The van der Waals surface area contributed by atoms with E-state index in [4.69, 9.17) is 10.00 Å². The van der Waals surface area contributed by atoms with Gasteiger partial charge in [0, 0.05) is 0 Å². The average molecular weight is 237 g/mol. The SMILES string of the molecule is CCC(C#N)C(C)(O)c1c(F)cccc1OC. The van der Waals surface area contributed by atoms with E-state index >= 15 is 0 Å². The molecule has 0 heterocycles. The zero-order valence-electron chi connectivity index (χ0n) is 10.2. The van der Waals surface area contributed by atoms with E-state index in [1.807, 2.05) is 6.07 Å². The van der Waals surface area contributed by atoms with Crippen molar-refractivity contribution in [1.82, 2.24) is 0 Å². The van der Waals surface area contributed by atoms with Crippen molar-refractivity contribution < 1.29 is 14.2 Å². The molecule has 0 aliphatic carbocycles. The highest BCUT2D eigenvalue weighted by Gasteiger charge is 2.37. The van der Waals surface area contributed by atoms with Crippen molar-refractivity contribution in [2.24, 2.45) is 5.92 Å². The molecule has 0 aromatic heterocycles. The van der Waals surface area contributed by atoms with E-state index in [1.54, 1.807) is 13.0 Å². The van der Waals surface area contributed by atoms with Gasteiger partial charge in [-0.05, 0) is 25.5 Å². The first kappa shape index (κ1) is 13.5. The van der Waals surface area contributed by atoms with Crippen molar-refractivity contribution in [1.29, 1.82) is 5.26 Å². The molecule has 0 amide bonds. The minimum absolute atomic E-state index is 0.0379. The van der Waals surface area contributed by atoms with Gasteiger partial charge < -0.3 is 9.84 Å². The molecular formula is C13H16FNO2. The van der Waals surface area contributed by atoms with Crippen molar-refractivity contribution in [2.45, 2.75) is 25.9 Å². The van der Waals surface area contributed by atoms with E-state index in [0.29, 0.717) is 6.42 Å². The minimum Gasteiger partial charge on any atom is -0.496 e. The van der Waals surface area contributed by atoms with Gasteiger partial charge in [-0.3, -0.25) is 0 Å². The van der Waals surface area contributed by atoms with Gasteiger partial charge in [-0.2, -0.15) is 5.26 Å². The van der Waals surface area contributed by atoms with E-state index in [1.165, 1.54) is 26.2 Å². The molecule has 0 spiro atoms. The van der Waals surface area contributed by atoms with Crippen LogP contribution < -0.4 is 4.74 Å². The normalized spacial score (nSPS) is 15.8. The van der Waals surface area contributed by atoms with Crippen LogP contribution in [0.2, 0.25) is 0 Å². The fourth-order valence-electron chi connectivity index (χ4n) is 1.95. The van der Waals surface area contributed by atoms with Crippen LogP contribution in [0, 0.1) is 23.1 Å². The van der Waals surface area contributed by atoms with Gasteiger partial charge in [0.1, 0.15) is 17.2 Å². The highest BCUT2D eigenvalue weighted by molar-refractivity contribution is 5.40. The van der Waals surface area contributed by atoms with E-state index in [2.05, 4.69) is 0 Å². The number of nitrogens with zero attached hydrogens (tertiary/aromatic N) is 1. The van der Waals surface area contributed by atoms with Gasteiger partial charge in [0.15, 0.2) is 0 Å². The Hall–Kier alpha value is -1.60. The third kappa shape index (κ3) is 2.40. The zero-order chi connectivity index (χ0) is 13.1. The molecule has 0 aliphatic rings. The summed E-state index contributed by atoms with van der Waals surface area (Å²) in [7, 11) is 1.40. The maximum absolute atomic E-state index is 13.8. The van der Waals surface area contributed by atoms with Crippen LogP contribution in [0.25, 0.3) is 0 Å². The molecule has 1 rings (SSSR count). The Morgan fingerprint density at radius 1 is 1.59 bits per heavy atom. The predicted molar refractivity (Wildman–Crippen MR) is 61.9 cm³/mol. The second-order valence-electron chi connectivity index (χ2n) is 4.05. The Kier molecular flexibility index (Phi) is 4.08. The van der Waals surface area contributed by atoms with Crippen molar-refractivity contribution in [3.8, 4) is 11.8 Å². The Labute approximate surface area is 100 Å². The van der Waals surface area contributed by atoms with Crippen LogP contribution in [-0.2, 0) is 5.60 Å². The highest BCUT2D eigenvalue weighted by Crippen LogP contribution is 2.38. The summed E-state index contributed by atoms with van der Waals surface area (Å²) < 4.78 is 18.9.